The largest absolute Gasteiger partial charge is 0.349 e. The van der Waals surface area contributed by atoms with Gasteiger partial charge in [0.25, 0.3) is 0 Å². The van der Waals surface area contributed by atoms with Crippen molar-refractivity contribution in [1.82, 2.24) is 5.32 Å². The number of aryl methyl sites for hydroxylation is 1. The van der Waals surface area contributed by atoms with E-state index < -0.39 is 0 Å². The Hall–Kier alpha value is -2.62. The molecule has 4 heteroatoms. The summed E-state index contributed by atoms with van der Waals surface area (Å²) in [5.74, 6) is -0.542. The van der Waals surface area contributed by atoms with Gasteiger partial charge in [-0.05, 0) is 35.6 Å². The summed E-state index contributed by atoms with van der Waals surface area (Å²) in [6.07, 6.45) is 2.12. The van der Waals surface area contributed by atoms with E-state index in [1.165, 1.54) is 11.1 Å². The Morgan fingerprint density at radius 3 is 2.70 bits per heavy atom. The van der Waals surface area contributed by atoms with Crippen molar-refractivity contribution >= 4 is 17.5 Å². The summed E-state index contributed by atoms with van der Waals surface area (Å²) >= 11 is 0. The van der Waals surface area contributed by atoms with E-state index in [1.807, 2.05) is 36.4 Å². The molecule has 1 aliphatic carbocycles. The summed E-state index contributed by atoms with van der Waals surface area (Å²) in [7, 11) is 0. The standard InChI is InChI=1S/C19H18N2O2/c22-18(20-17-10-9-12-5-1-2-6-13(12)17)11-15-14-7-3-4-8-16(14)21-19(15)23/h1-8,15,17H,9-11H2,(H,20,22)(H,21,23)/t15-,17-/m0/s1. The number of nitrogens with one attached hydrogen (secondary N) is 2. The summed E-state index contributed by atoms with van der Waals surface area (Å²) in [6.45, 7) is 0. The molecule has 2 aromatic carbocycles. The topological polar surface area (TPSA) is 58.2 Å². The van der Waals surface area contributed by atoms with Crippen LogP contribution in [0.25, 0.3) is 0 Å². The first-order chi connectivity index (χ1) is 11.2. The van der Waals surface area contributed by atoms with Gasteiger partial charge in [-0.1, -0.05) is 42.5 Å². The maximum Gasteiger partial charge on any atom is 0.232 e. The van der Waals surface area contributed by atoms with E-state index in [0.717, 1.165) is 24.1 Å². The average Bonchev–Trinajstić information content (AvgIpc) is 3.10. The van der Waals surface area contributed by atoms with Crippen molar-refractivity contribution in [1.29, 1.82) is 0 Å². The van der Waals surface area contributed by atoms with Crippen molar-refractivity contribution < 1.29 is 9.59 Å². The SMILES string of the molecule is O=C(C[C@@H]1C(=O)Nc2ccccc21)N[C@H]1CCc2ccccc21. The fourth-order valence-corrected chi connectivity index (χ4v) is 3.62. The number of carbonyl (C=O) groups excluding carboxylic acids is 2. The zero-order valence-electron chi connectivity index (χ0n) is 12.7. The van der Waals surface area contributed by atoms with Crippen LogP contribution in [0.5, 0.6) is 0 Å². The molecule has 2 aromatic rings. The van der Waals surface area contributed by atoms with Gasteiger partial charge >= 0.3 is 0 Å². The number of carbonyl (C=O) groups is 2. The third-order valence-electron chi connectivity index (χ3n) is 4.77. The number of para-hydroxylation sites is 1. The van der Waals surface area contributed by atoms with Gasteiger partial charge in [-0.15, -0.1) is 0 Å². The lowest BCUT2D eigenvalue weighted by Gasteiger charge is -2.16. The van der Waals surface area contributed by atoms with E-state index in [2.05, 4.69) is 22.8 Å². The van der Waals surface area contributed by atoms with Crippen molar-refractivity contribution in [3.63, 3.8) is 0 Å². The van der Waals surface area contributed by atoms with E-state index >= 15 is 0 Å². The second-order valence-electron chi connectivity index (χ2n) is 6.19. The van der Waals surface area contributed by atoms with Gasteiger partial charge in [-0.25, -0.2) is 0 Å². The minimum Gasteiger partial charge on any atom is -0.349 e. The molecule has 0 unspecified atom stereocenters. The monoisotopic (exact) mass is 306 g/mol. The Morgan fingerprint density at radius 1 is 1.09 bits per heavy atom. The highest BCUT2D eigenvalue weighted by atomic mass is 16.2. The summed E-state index contributed by atoms with van der Waals surface area (Å²) in [5, 5.41) is 5.94. The predicted molar refractivity (Wildman–Crippen MR) is 88.1 cm³/mol. The highest BCUT2D eigenvalue weighted by Gasteiger charge is 2.33. The van der Waals surface area contributed by atoms with Gasteiger partial charge in [0.1, 0.15) is 0 Å². The van der Waals surface area contributed by atoms with E-state index in [0.29, 0.717) is 0 Å². The smallest absolute Gasteiger partial charge is 0.232 e. The molecule has 0 radical (unpaired) electrons. The number of amides is 2. The molecule has 0 bridgehead atoms. The molecule has 2 amide bonds. The molecule has 2 N–H and O–H groups in total. The molecule has 4 rings (SSSR count). The molecule has 0 aromatic heterocycles. The molecule has 0 saturated carbocycles. The summed E-state index contributed by atoms with van der Waals surface area (Å²) in [4.78, 5) is 24.5. The Labute approximate surface area is 134 Å². The van der Waals surface area contributed by atoms with E-state index in [4.69, 9.17) is 0 Å². The lowest BCUT2D eigenvalue weighted by atomic mass is 9.96. The molecule has 2 atom stereocenters. The third-order valence-corrected chi connectivity index (χ3v) is 4.77. The van der Waals surface area contributed by atoms with Crippen LogP contribution in [0.4, 0.5) is 5.69 Å². The molecule has 0 fully saturated rings. The summed E-state index contributed by atoms with van der Waals surface area (Å²) in [6, 6.07) is 15.9. The lowest BCUT2D eigenvalue weighted by Crippen LogP contribution is -2.29. The first-order valence-corrected chi connectivity index (χ1v) is 7.99. The quantitative estimate of drug-likeness (QED) is 0.916. The van der Waals surface area contributed by atoms with Crippen LogP contribution in [0.2, 0.25) is 0 Å². The van der Waals surface area contributed by atoms with Crippen molar-refractivity contribution in [2.45, 2.75) is 31.2 Å². The van der Waals surface area contributed by atoms with Gasteiger partial charge < -0.3 is 10.6 Å². The first-order valence-electron chi connectivity index (χ1n) is 7.99. The molecular weight excluding hydrogens is 288 g/mol. The second-order valence-corrected chi connectivity index (χ2v) is 6.19. The number of hydrogen-bond acceptors (Lipinski definition) is 2. The predicted octanol–water partition coefficient (Wildman–Crippen LogP) is 2.92. The maximum atomic E-state index is 12.4. The number of hydrogen-bond donors (Lipinski definition) is 2. The Morgan fingerprint density at radius 2 is 1.83 bits per heavy atom. The van der Waals surface area contributed by atoms with Gasteiger partial charge in [0.2, 0.25) is 11.8 Å². The third kappa shape index (κ3) is 2.50. The average molecular weight is 306 g/mol. The first kappa shape index (κ1) is 14.0. The highest BCUT2D eigenvalue weighted by Crippen LogP contribution is 2.35. The number of fused-ring (bicyclic) bond motifs is 2. The van der Waals surface area contributed by atoms with Crippen molar-refractivity contribution in [2.75, 3.05) is 5.32 Å². The normalized spacial score (nSPS) is 21.5. The van der Waals surface area contributed by atoms with Gasteiger partial charge in [0.15, 0.2) is 0 Å². The van der Waals surface area contributed by atoms with Crippen LogP contribution >= 0.6 is 0 Å². The molecule has 2 aliphatic rings. The van der Waals surface area contributed by atoms with E-state index in [1.54, 1.807) is 0 Å². The van der Waals surface area contributed by atoms with Crippen molar-refractivity contribution in [3.05, 3.63) is 65.2 Å². The molecule has 0 spiro atoms. The minimum absolute atomic E-state index is 0.0662. The number of anilines is 1. The molecule has 116 valence electrons. The molecule has 1 heterocycles. The summed E-state index contributed by atoms with van der Waals surface area (Å²) in [5.41, 5.74) is 4.25. The zero-order valence-corrected chi connectivity index (χ0v) is 12.7. The zero-order chi connectivity index (χ0) is 15.8. The highest BCUT2D eigenvalue weighted by molar-refractivity contribution is 6.04. The minimum atomic E-state index is -0.386. The van der Waals surface area contributed by atoms with E-state index in [-0.39, 0.29) is 30.2 Å². The Kier molecular flexibility index (Phi) is 3.37. The van der Waals surface area contributed by atoms with Crippen LogP contribution < -0.4 is 10.6 Å². The van der Waals surface area contributed by atoms with Crippen LogP contribution in [-0.4, -0.2) is 11.8 Å². The molecule has 4 nitrogen and oxygen atoms in total. The van der Waals surface area contributed by atoms with Crippen LogP contribution in [0.3, 0.4) is 0 Å². The fraction of sp³-hybridized carbons (Fsp3) is 0.263. The van der Waals surface area contributed by atoms with Crippen LogP contribution in [0.1, 0.15) is 41.5 Å². The molecular formula is C19H18N2O2. The molecule has 1 aliphatic heterocycles. The Bertz CT molecular complexity index is 784. The molecule has 23 heavy (non-hydrogen) atoms. The molecule has 0 saturated heterocycles. The van der Waals surface area contributed by atoms with Crippen LogP contribution in [-0.2, 0) is 16.0 Å². The van der Waals surface area contributed by atoms with Gasteiger partial charge in [0, 0.05) is 12.1 Å². The fourth-order valence-electron chi connectivity index (χ4n) is 3.62. The van der Waals surface area contributed by atoms with E-state index in [9.17, 15) is 9.59 Å². The second kappa shape index (κ2) is 5.54. The van der Waals surface area contributed by atoms with Crippen molar-refractivity contribution in [2.24, 2.45) is 0 Å². The van der Waals surface area contributed by atoms with Gasteiger partial charge in [0.05, 0.1) is 12.0 Å². The van der Waals surface area contributed by atoms with Crippen molar-refractivity contribution in [3.8, 4) is 0 Å². The van der Waals surface area contributed by atoms with Crippen LogP contribution in [0, 0.1) is 0 Å². The van der Waals surface area contributed by atoms with Gasteiger partial charge in [-0.3, -0.25) is 9.59 Å². The lowest BCUT2D eigenvalue weighted by molar-refractivity contribution is -0.125. The van der Waals surface area contributed by atoms with Gasteiger partial charge in [-0.2, -0.15) is 0 Å². The number of benzene rings is 2. The van der Waals surface area contributed by atoms with Crippen LogP contribution in [0.15, 0.2) is 48.5 Å². The number of rotatable bonds is 3. The Balaban J connectivity index is 1.46. The summed E-state index contributed by atoms with van der Waals surface area (Å²) < 4.78 is 0. The maximum absolute atomic E-state index is 12.4.